The lowest BCUT2D eigenvalue weighted by Gasteiger charge is -2.20. The predicted molar refractivity (Wildman–Crippen MR) is 70.1 cm³/mol. The number of carbonyl (C=O) groups excluding carboxylic acids is 2. The quantitative estimate of drug-likeness (QED) is 0.711. The number of esters is 2. The van der Waals surface area contributed by atoms with Gasteiger partial charge in [0.25, 0.3) is 0 Å². The minimum Gasteiger partial charge on any atom is -0.469 e. The summed E-state index contributed by atoms with van der Waals surface area (Å²) < 4.78 is 9.58. The van der Waals surface area contributed by atoms with E-state index < -0.39 is 0 Å². The Morgan fingerprint density at radius 3 is 2.11 bits per heavy atom. The summed E-state index contributed by atoms with van der Waals surface area (Å²) in [4.78, 5) is 22.1. The fourth-order valence-electron chi connectivity index (χ4n) is 1.94. The van der Waals surface area contributed by atoms with Crippen LogP contribution in [0.25, 0.3) is 0 Å². The lowest BCUT2D eigenvalue weighted by Crippen LogP contribution is -2.17. The van der Waals surface area contributed by atoms with Gasteiger partial charge < -0.3 is 9.47 Å². The first-order valence-corrected chi connectivity index (χ1v) is 6.95. The number of methoxy groups -OCH3 is 1. The fraction of sp³-hybridized carbons (Fsp3) is 0.857. The summed E-state index contributed by atoms with van der Waals surface area (Å²) in [7, 11) is 1.32. The average Bonchev–Trinajstić information content (AvgIpc) is 2.45. The lowest BCUT2D eigenvalue weighted by atomic mass is 9.90. The Morgan fingerprint density at radius 2 is 1.56 bits per heavy atom. The van der Waals surface area contributed by atoms with Crippen LogP contribution < -0.4 is 0 Å². The molecule has 4 heteroatoms. The first-order valence-electron chi connectivity index (χ1n) is 6.95. The minimum atomic E-state index is -0.366. The van der Waals surface area contributed by atoms with E-state index in [1.165, 1.54) is 26.4 Å². The van der Waals surface area contributed by atoms with E-state index in [9.17, 15) is 9.59 Å². The molecular formula is C14H26O4. The molecule has 0 saturated heterocycles. The van der Waals surface area contributed by atoms with Crippen molar-refractivity contribution in [2.45, 2.75) is 58.8 Å². The summed E-state index contributed by atoms with van der Waals surface area (Å²) in [5.41, 5.74) is 0. The van der Waals surface area contributed by atoms with Crippen LogP contribution in [0.15, 0.2) is 0 Å². The van der Waals surface area contributed by atoms with Crippen LogP contribution in [0.3, 0.4) is 0 Å². The van der Waals surface area contributed by atoms with Gasteiger partial charge in [-0.15, -0.1) is 0 Å². The molecule has 0 aromatic heterocycles. The molecule has 4 nitrogen and oxygen atoms in total. The van der Waals surface area contributed by atoms with Gasteiger partial charge >= 0.3 is 11.9 Å². The summed E-state index contributed by atoms with van der Waals surface area (Å²) in [6, 6.07) is 0. The lowest BCUT2D eigenvalue weighted by molar-refractivity contribution is -0.150. The predicted octanol–water partition coefficient (Wildman–Crippen LogP) is 3.09. The summed E-state index contributed by atoms with van der Waals surface area (Å²) >= 11 is 0. The molecule has 0 N–H and O–H groups in total. The third kappa shape index (κ3) is 8.09. The van der Waals surface area contributed by atoms with Crippen LogP contribution in [0, 0.1) is 5.92 Å². The largest absolute Gasteiger partial charge is 0.469 e. The van der Waals surface area contributed by atoms with Crippen molar-refractivity contribution in [3.8, 4) is 0 Å². The van der Waals surface area contributed by atoms with E-state index in [0.29, 0.717) is 12.5 Å². The van der Waals surface area contributed by atoms with Gasteiger partial charge in [0.1, 0.15) is 0 Å². The molecule has 0 unspecified atom stereocenters. The second-order valence-electron chi connectivity index (χ2n) is 4.26. The number of carbonyl (C=O) groups is 2. The van der Waals surface area contributed by atoms with Crippen LogP contribution in [0.2, 0.25) is 0 Å². The Kier molecular flexibility index (Phi) is 10.4. The molecule has 0 heterocycles. The monoisotopic (exact) mass is 258 g/mol. The number of rotatable bonds is 5. The summed E-state index contributed by atoms with van der Waals surface area (Å²) in [5, 5.41) is 0. The van der Waals surface area contributed by atoms with Crippen molar-refractivity contribution in [1.82, 2.24) is 0 Å². The summed E-state index contributed by atoms with van der Waals surface area (Å²) in [5.74, 6) is -0.138. The minimum absolute atomic E-state index is 0.111. The number of ether oxygens (including phenoxy) is 2. The van der Waals surface area contributed by atoms with E-state index in [4.69, 9.17) is 4.74 Å². The standard InChI is InChI=1S/C12H20O4.C2H6/c1-15-11(13)7-8-12(14)16-9-10-5-3-2-4-6-10;1-2/h10H,2-9H2,1H3;1-2H3. The van der Waals surface area contributed by atoms with Crippen molar-refractivity contribution >= 4 is 11.9 Å². The van der Waals surface area contributed by atoms with Gasteiger partial charge in [0.2, 0.25) is 0 Å². The van der Waals surface area contributed by atoms with Crippen molar-refractivity contribution in [3.63, 3.8) is 0 Å². The van der Waals surface area contributed by atoms with Crippen LogP contribution in [-0.2, 0) is 19.1 Å². The van der Waals surface area contributed by atoms with Crippen LogP contribution in [0.4, 0.5) is 0 Å². The van der Waals surface area contributed by atoms with Crippen LogP contribution in [-0.4, -0.2) is 25.7 Å². The Balaban J connectivity index is 0.00000137. The van der Waals surface area contributed by atoms with Crippen molar-refractivity contribution in [1.29, 1.82) is 0 Å². The first kappa shape index (κ1) is 16.9. The number of hydrogen-bond donors (Lipinski definition) is 0. The van der Waals surface area contributed by atoms with Crippen molar-refractivity contribution in [2.75, 3.05) is 13.7 Å². The van der Waals surface area contributed by atoms with Crippen molar-refractivity contribution < 1.29 is 19.1 Å². The molecule has 0 aliphatic heterocycles. The molecule has 1 rings (SSSR count). The van der Waals surface area contributed by atoms with Gasteiger partial charge in [0.05, 0.1) is 26.6 Å². The molecule has 0 amide bonds. The van der Waals surface area contributed by atoms with E-state index in [1.54, 1.807) is 0 Å². The Labute approximate surface area is 110 Å². The maximum Gasteiger partial charge on any atom is 0.306 e. The molecule has 0 bridgehead atoms. The molecule has 0 spiro atoms. The SMILES string of the molecule is CC.COC(=O)CCC(=O)OCC1CCCCC1. The second kappa shape index (κ2) is 11.1. The molecule has 0 aromatic carbocycles. The van der Waals surface area contributed by atoms with Gasteiger partial charge in [0.15, 0.2) is 0 Å². The van der Waals surface area contributed by atoms with Gasteiger partial charge in [-0.1, -0.05) is 33.1 Å². The van der Waals surface area contributed by atoms with Gasteiger partial charge in [-0.25, -0.2) is 0 Å². The average molecular weight is 258 g/mol. The first-order chi connectivity index (χ1) is 8.72. The molecule has 18 heavy (non-hydrogen) atoms. The highest BCUT2D eigenvalue weighted by atomic mass is 16.5. The van der Waals surface area contributed by atoms with Crippen molar-refractivity contribution in [2.24, 2.45) is 5.92 Å². The molecule has 0 radical (unpaired) electrons. The van der Waals surface area contributed by atoms with E-state index >= 15 is 0 Å². The maximum atomic E-state index is 11.3. The van der Waals surface area contributed by atoms with Crippen molar-refractivity contribution in [3.05, 3.63) is 0 Å². The fourth-order valence-corrected chi connectivity index (χ4v) is 1.94. The topological polar surface area (TPSA) is 52.6 Å². The molecule has 0 atom stereocenters. The highest BCUT2D eigenvalue weighted by molar-refractivity contribution is 5.77. The van der Waals surface area contributed by atoms with E-state index in [-0.39, 0.29) is 24.8 Å². The normalized spacial score (nSPS) is 15.3. The zero-order chi connectivity index (χ0) is 13.8. The molecule has 1 aliphatic rings. The highest BCUT2D eigenvalue weighted by Gasteiger charge is 2.15. The molecule has 1 aliphatic carbocycles. The Hall–Kier alpha value is -1.06. The number of hydrogen-bond acceptors (Lipinski definition) is 4. The molecular weight excluding hydrogens is 232 g/mol. The Bertz CT molecular complexity index is 232. The van der Waals surface area contributed by atoms with Gasteiger partial charge in [-0.3, -0.25) is 9.59 Å². The maximum absolute atomic E-state index is 11.3. The Morgan fingerprint density at radius 1 is 1.00 bits per heavy atom. The molecule has 1 fully saturated rings. The van der Waals surface area contributed by atoms with Crippen LogP contribution in [0.1, 0.15) is 58.8 Å². The van der Waals surface area contributed by atoms with E-state index in [2.05, 4.69) is 4.74 Å². The third-order valence-corrected chi connectivity index (χ3v) is 2.97. The summed E-state index contributed by atoms with van der Waals surface area (Å²) in [6.07, 6.45) is 6.33. The van der Waals surface area contributed by atoms with E-state index in [1.807, 2.05) is 13.8 Å². The zero-order valence-electron chi connectivity index (χ0n) is 11.9. The van der Waals surface area contributed by atoms with Gasteiger partial charge in [0, 0.05) is 0 Å². The second-order valence-corrected chi connectivity index (χ2v) is 4.26. The summed E-state index contributed by atoms with van der Waals surface area (Å²) in [6.45, 7) is 4.51. The van der Waals surface area contributed by atoms with Crippen LogP contribution in [0.5, 0.6) is 0 Å². The highest BCUT2D eigenvalue weighted by Crippen LogP contribution is 2.23. The molecule has 0 aromatic rings. The van der Waals surface area contributed by atoms with E-state index in [0.717, 1.165) is 12.8 Å². The zero-order valence-corrected chi connectivity index (χ0v) is 11.9. The van der Waals surface area contributed by atoms with Crippen LogP contribution >= 0.6 is 0 Å². The van der Waals surface area contributed by atoms with Gasteiger partial charge in [-0.05, 0) is 18.8 Å². The van der Waals surface area contributed by atoms with Gasteiger partial charge in [-0.2, -0.15) is 0 Å². The molecule has 106 valence electrons. The molecule has 1 saturated carbocycles. The smallest absolute Gasteiger partial charge is 0.306 e. The third-order valence-electron chi connectivity index (χ3n) is 2.97.